The molecule has 32 heavy (non-hydrogen) atoms. The van der Waals surface area contributed by atoms with Crippen LogP contribution in [0.1, 0.15) is 23.7 Å². The highest BCUT2D eigenvalue weighted by molar-refractivity contribution is 7.92. The Hall–Kier alpha value is -3.11. The summed E-state index contributed by atoms with van der Waals surface area (Å²) in [6.07, 6.45) is 1.75. The Bertz CT molecular complexity index is 1220. The Morgan fingerprint density at radius 3 is 2.47 bits per heavy atom. The number of carbonyl (C=O) groups is 1. The van der Waals surface area contributed by atoms with E-state index in [1.807, 2.05) is 6.92 Å². The van der Waals surface area contributed by atoms with E-state index in [1.165, 1.54) is 44.5 Å². The molecule has 1 heterocycles. The molecule has 0 aliphatic rings. The second kappa shape index (κ2) is 9.58. The van der Waals surface area contributed by atoms with Crippen LogP contribution in [0.15, 0.2) is 40.8 Å². The first-order valence-corrected chi connectivity index (χ1v) is 11.7. The van der Waals surface area contributed by atoms with Gasteiger partial charge in [0.05, 0.1) is 24.1 Å². The summed E-state index contributed by atoms with van der Waals surface area (Å²) in [5.41, 5.74) is 1.22. The molecule has 0 fully saturated rings. The molecule has 0 atom stereocenters. The zero-order chi connectivity index (χ0) is 23.5. The molecule has 1 amide bonds. The zero-order valence-electron chi connectivity index (χ0n) is 18.3. The van der Waals surface area contributed by atoms with Crippen LogP contribution in [0.4, 0.5) is 10.1 Å². The summed E-state index contributed by atoms with van der Waals surface area (Å²) >= 11 is 0. The third-order valence-electron chi connectivity index (χ3n) is 4.71. The zero-order valence-corrected chi connectivity index (χ0v) is 19.1. The van der Waals surface area contributed by atoms with Crippen molar-refractivity contribution >= 4 is 32.6 Å². The molecule has 0 spiro atoms. The molecule has 3 rings (SSSR count). The van der Waals surface area contributed by atoms with Gasteiger partial charge in [0, 0.05) is 31.2 Å². The smallest absolute Gasteiger partial charge is 0.255 e. The lowest BCUT2D eigenvalue weighted by molar-refractivity contribution is 0.0964. The van der Waals surface area contributed by atoms with Crippen molar-refractivity contribution in [3.05, 3.63) is 47.8 Å². The van der Waals surface area contributed by atoms with Gasteiger partial charge in [-0.15, -0.1) is 0 Å². The lowest BCUT2D eigenvalue weighted by Crippen LogP contribution is -2.32. The van der Waals surface area contributed by atoms with Crippen LogP contribution < -0.4 is 14.4 Å². The Morgan fingerprint density at radius 2 is 1.91 bits per heavy atom. The van der Waals surface area contributed by atoms with Gasteiger partial charge < -0.3 is 19.2 Å². The number of rotatable bonds is 9. The second-order valence-electron chi connectivity index (χ2n) is 7.09. The highest BCUT2D eigenvalue weighted by atomic mass is 32.2. The fraction of sp³-hybridized carbons (Fsp3) is 0.318. The normalized spacial score (nSPS) is 11.5. The summed E-state index contributed by atoms with van der Waals surface area (Å²) in [5.74, 6) is -0.338. The molecule has 0 aliphatic carbocycles. The lowest BCUT2D eigenvalue weighted by atomic mass is 10.0. The summed E-state index contributed by atoms with van der Waals surface area (Å²) in [4.78, 5) is 12.7. The molecular weight excluding hydrogens is 439 g/mol. The fourth-order valence-corrected chi connectivity index (χ4v) is 4.05. The number of halogens is 1. The number of carbonyl (C=O) groups excluding carboxylic acids is 1. The van der Waals surface area contributed by atoms with E-state index >= 15 is 0 Å². The fourth-order valence-electron chi connectivity index (χ4n) is 3.25. The Balaban J connectivity index is 2.33. The van der Waals surface area contributed by atoms with Crippen LogP contribution in [0, 0.1) is 5.82 Å². The van der Waals surface area contributed by atoms with E-state index in [0.717, 1.165) is 10.6 Å². The topological polar surface area (TPSA) is 98.1 Å². The molecule has 0 saturated heterocycles. The van der Waals surface area contributed by atoms with Crippen molar-refractivity contribution in [2.75, 3.05) is 38.1 Å². The number of benzene rings is 2. The summed E-state index contributed by atoms with van der Waals surface area (Å²) < 4.78 is 56.2. The van der Waals surface area contributed by atoms with E-state index in [-0.39, 0.29) is 35.1 Å². The Morgan fingerprint density at radius 1 is 1.22 bits per heavy atom. The molecular formula is C22H25FN2O6S. The molecule has 0 radical (unpaired) electrons. The maximum Gasteiger partial charge on any atom is 0.255 e. The average Bonchev–Trinajstić information content (AvgIpc) is 3.12. The first-order valence-electron chi connectivity index (χ1n) is 9.89. The van der Waals surface area contributed by atoms with E-state index in [9.17, 15) is 17.6 Å². The largest absolute Gasteiger partial charge is 0.491 e. The van der Waals surface area contributed by atoms with E-state index < -0.39 is 21.7 Å². The van der Waals surface area contributed by atoms with Crippen molar-refractivity contribution in [1.82, 2.24) is 5.32 Å². The van der Waals surface area contributed by atoms with Crippen molar-refractivity contribution in [2.24, 2.45) is 0 Å². The van der Waals surface area contributed by atoms with Crippen molar-refractivity contribution in [3.63, 3.8) is 0 Å². The van der Waals surface area contributed by atoms with Crippen LogP contribution in [0.25, 0.3) is 22.3 Å². The summed E-state index contributed by atoms with van der Waals surface area (Å²) in [6, 6.07) is 8.61. The lowest BCUT2D eigenvalue weighted by Gasteiger charge is -2.23. The summed E-state index contributed by atoms with van der Waals surface area (Å²) in [6.45, 7) is 2.02. The summed E-state index contributed by atoms with van der Waals surface area (Å²) in [5, 5.41) is 3.02. The van der Waals surface area contributed by atoms with Crippen LogP contribution in [-0.4, -0.2) is 48.1 Å². The van der Waals surface area contributed by atoms with E-state index in [2.05, 4.69) is 5.32 Å². The molecule has 1 aromatic heterocycles. The maximum absolute atomic E-state index is 13.4. The van der Waals surface area contributed by atoms with E-state index in [4.69, 9.17) is 13.9 Å². The maximum atomic E-state index is 13.4. The number of methoxy groups -OCH3 is 1. The van der Waals surface area contributed by atoms with Gasteiger partial charge in [-0.3, -0.25) is 4.79 Å². The number of amides is 1. The van der Waals surface area contributed by atoms with Crippen molar-refractivity contribution in [1.29, 1.82) is 0 Å². The minimum absolute atomic E-state index is 0.221. The molecule has 0 saturated carbocycles. The van der Waals surface area contributed by atoms with Crippen molar-refractivity contribution in [3.8, 4) is 17.1 Å². The van der Waals surface area contributed by atoms with Gasteiger partial charge in [-0.1, -0.05) is 6.92 Å². The molecule has 172 valence electrons. The van der Waals surface area contributed by atoms with Crippen LogP contribution in [-0.2, 0) is 14.8 Å². The van der Waals surface area contributed by atoms with Gasteiger partial charge in [0.2, 0.25) is 10.0 Å². The summed E-state index contributed by atoms with van der Waals surface area (Å²) in [7, 11) is -0.842. The van der Waals surface area contributed by atoms with E-state index in [0.29, 0.717) is 24.0 Å². The molecule has 10 heteroatoms. The second-order valence-corrected chi connectivity index (χ2v) is 8.99. The van der Waals surface area contributed by atoms with Crippen LogP contribution in [0.2, 0.25) is 0 Å². The van der Waals surface area contributed by atoms with Gasteiger partial charge >= 0.3 is 0 Å². The Kier molecular flexibility index (Phi) is 7.05. The van der Waals surface area contributed by atoms with Gasteiger partial charge in [-0.05, 0) is 36.8 Å². The molecule has 0 bridgehead atoms. The Labute approximate surface area is 186 Å². The monoisotopic (exact) mass is 464 g/mol. The number of anilines is 1. The van der Waals surface area contributed by atoms with Gasteiger partial charge in [0.1, 0.15) is 29.6 Å². The number of nitrogens with zero attached hydrogens (tertiary/aromatic N) is 1. The minimum Gasteiger partial charge on any atom is -0.491 e. The van der Waals surface area contributed by atoms with Gasteiger partial charge in [-0.25, -0.2) is 17.1 Å². The minimum atomic E-state index is -3.71. The van der Waals surface area contributed by atoms with Crippen molar-refractivity contribution in [2.45, 2.75) is 13.3 Å². The first-order chi connectivity index (χ1) is 15.2. The molecule has 3 aromatic rings. The molecule has 0 unspecified atom stereocenters. The van der Waals surface area contributed by atoms with Gasteiger partial charge in [0.25, 0.3) is 5.91 Å². The molecule has 0 aliphatic heterocycles. The SMILES string of the molecule is CCCOc1cc2c(C(=O)NC)c(-c3ccc(F)cc3)oc2cc1N(COC)S(C)(=O)=O. The predicted octanol–water partition coefficient (Wildman–Crippen LogP) is 3.76. The van der Waals surface area contributed by atoms with Crippen LogP contribution in [0.3, 0.4) is 0 Å². The highest BCUT2D eigenvalue weighted by Gasteiger charge is 2.27. The highest BCUT2D eigenvalue weighted by Crippen LogP contribution is 2.41. The standard InChI is InChI=1S/C22H25FN2O6S/c1-5-10-30-19-11-16-18(12-17(19)25(13-29-3)32(4,27)28)31-21(20(16)22(26)24-2)14-6-8-15(23)9-7-14/h6-9,11-12H,5,10,13H2,1-4H3,(H,24,26). The number of nitrogens with one attached hydrogen (secondary N) is 1. The molecule has 1 N–H and O–H groups in total. The molecule has 2 aromatic carbocycles. The van der Waals surface area contributed by atoms with Crippen LogP contribution >= 0.6 is 0 Å². The van der Waals surface area contributed by atoms with Gasteiger partial charge in [-0.2, -0.15) is 0 Å². The quantitative estimate of drug-likeness (QED) is 0.484. The predicted molar refractivity (Wildman–Crippen MR) is 120 cm³/mol. The molecule has 8 nitrogen and oxygen atoms in total. The van der Waals surface area contributed by atoms with E-state index in [1.54, 1.807) is 6.07 Å². The number of furan rings is 1. The van der Waals surface area contributed by atoms with Crippen LogP contribution in [0.5, 0.6) is 5.75 Å². The third-order valence-corrected chi connectivity index (χ3v) is 5.81. The van der Waals surface area contributed by atoms with Gasteiger partial charge in [0.15, 0.2) is 0 Å². The number of ether oxygens (including phenoxy) is 2. The number of hydrogen-bond acceptors (Lipinski definition) is 6. The first kappa shape index (κ1) is 23.6. The number of hydrogen-bond donors (Lipinski definition) is 1. The number of sulfonamides is 1. The average molecular weight is 465 g/mol. The number of fused-ring (bicyclic) bond motifs is 1. The third kappa shape index (κ3) is 4.71. The van der Waals surface area contributed by atoms with Crippen molar-refractivity contribution < 1.29 is 31.5 Å².